The molecule has 0 heterocycles. The van der Waals surface area contributed by atoms with Gasteiger partial charge in [-0.05, 0) is 0 Å². The summed E-state index contributed by atoms with van der Waals surface area (Å²) in [5, 5.41) is 0. The molecule has 0 N–H and O–H groups in total. The molecule has 1 rings (SSSR count). The van der Waals surface area contributed by atoms with Crippen molar-refractivity contribution >= 4 is 24.7 Å². The van der Waals surface area contributed by atoms with Gasteiger partial charge in [-0.15, -0.1) is 0 Å². The average molecular weight is 292 g/mol. The molecule has 1 aliphatic carbocycles. The van der Waals surface area contributed by atoms with Crippen molar-refractivity contribution in [1.82, 2.24) is 0 Å². The van der Waals surface area contributed by atoms with Gasteiger partial charge in [-0.2, -0.15) is 0 Å². The van der Waals surface area contributed by atoms with Crippen molar-refractivity contribution in [1.29, 1.82) is 0 Å². The Kier molecular flexibility index (Phi) is 2.59. The molecule has 0 bridgehead atoms. The summed E-state index contributed by atoms with van der Waals surface area (Å²) in [4.78, 5) is 0. The zero-order valence-electron chi connectivity index (χ0n) is 4.56. The second-order valence-electron chi connectivity index (χ2n) is 2.29. The van der Waals surface area contributed by atoms with E-state index >= 15 is 0 Å². The van der Waals surface area contributed by atoms with Crippen LogP contribution in [0.25, 0.3) is 0 Å². The van der Waals surface area contributed by atoms with Crippen molar-refractivity contribution in [2.75, 3.05) is 0 Å². The van der Waals surface area contributed by atoms with Crippen LogP contribution in [0.5, 0.6) is 0 Å². The maximum atomic E-state index is 1.63. The predicted octanol–water partition coefficient (Wildman–Crippen LogP) is 1.91. The summed E-state index contributed by atoms with van der Waals surface area (Å²) in [6.45, 7) is 0. The van der Waals surface area contributed by atoms with Crippen LogP contribution in [0.2, 0.25) is 3.63 Å². The molecule has 0 nitrogen and oxygen atoms in total. The Hall–Kier alpha value is 0.883. The maximum absolute atomic E-state index is 1.63. The quantitative estimate of drug-likeness (QED) is 0.598. The van der Waals surface area contributed by atoms with Crippen LogP contribution in [-0.2, 0) is 0 Å². The Labute approximate surface area is 60.5 Å². The van der Waals surface area contributed by atoms with Crippen molar-refractivity contribution in [2.24, 2.45) is 0 Å². The first-order valence-electron chi connectivity index (χ1n) is 3.07. The molecule has 2 radical (unpaired) electrons. The topological polar surface area (TPSA) is 0 Å². The summed E-state index contributed by atoms with van der Waals surface area (Å²) in [5.74, 6) is 0. The fraction of sp³-hybridized carbons (Fsp3) is 1.00. The minimum atomic E-state index is 1.15. The second-order valence-corrected chi connectivity index (χ2v) is 5.13. The monoisotopic (exact) mass is 292 g/mol. The van der Waals surface area contributed by atoms with Crippen LogP contribution in [0.15, 0.2) is 0 Å². The number of hydrogen-bond acceptors (Lipinski definition) is 0. The summed E-state index contributed by atoms with van der Waals surface area (Å²) in [5.41, 5.74) is 0. The van der Waals surface area contributed by atoms with E-state index in [0.29, 0.717) is 0 Å². The van der Waals surface area contributed by atoms with E-state index in [1.54, 1.807) is 24.7 Å². The molecule has 0 spiro atoms. The van der Waals surface area contributed by atoms with Gasteiger partial charge in [0.15, 0.2) is 0 Å². The fourth-order valence-corrected chi connectivity index (χ4v) is 2.50. The van der Waals surface area contributed by atoms with E-state index in [2.05, 4.69) is 0 Å². The van der Waals surface area contributed by atoms with Gasteiger partial charge in [-0.25, -0.2) is 0 Å². The SMILES string of the molecule is [Bi+2][CH]1CCCCC1. The van der Waals surface area contributed by atoms with Gasteiger partial charge in [0, 0.05) is 0 Å². The van der Waals surface area contributed by atoms with Gasteiger partial charge in [-0.3, -0.25) is 0 Å². The molecular weight excluding hydrogens is 281 g/mol. The first-order valence-corrected chi connectivity index (χ1v) is 5.08. The number of rotatable bonds is 0. The van der Waals surface area contributed by atoms with Crippen LogP contribution in [0.4, 0.5) is 0 Å². The van der Waals surface area contributed by atoms with E-state index in [1.165, 1.54) is 32.1 Å². The Morgan fingerprint density at radius 2 is 1.57 bits per heavy atom. The van der Waals surface area contributed by atoms with Gasteiger partial charge in [-0.1, -0.05) is 0 Å². The molecule has 1 saturated carbocycles. The van der Waals surface area contributed by atoms with Crippen molar-refractivity contribution in [2.45, 2.75) is 35.7 Å². The summed E-state index contributed by atoms with van der Waals surface area (Å²) < 4.78 is 1.15. The molecule has 0 amide bonds. The van der Waals surface area contributed by atoms with Gasteiger partial charge < -0.3 is 0 Å². The van der Waals surface area contributed by atoms with Gasteiger partial charge in [0.2, 0.25) is 0 Å². The molecule has 0 atom stereocenters. The Balaban J connectivity index is 2.12. The minimum absolute atomic E-state index is 1.15. The van der Waals surface area contributed by atoms with Crippen molar-refractivity contribution in [3.8, 4) is 0 Å². The predicted molar refractivity (Wildman–Crippen MR) is 32.6 cm³/mol. The van der Waals surface area contributed by atoms with E-state index in [1.807, 2.05) is 0 Å². The van der Waals surface area contributed by atoms with Crippen LogP contribution in [0.1, 0.15) is 32.1 Å². The first kappa shape index (κ1) is 6.01. The average Bonchev–Trinajstić information content (AvgIpc) is 1.69. The molecule has 0 aromatic carbocycles. The van der Waals surface area contributed by atoms with E-state index < -0.39 is 0 Å². The molecule has 1 aliphatic rings. The Morgan fingerprint density at radius 1 is 1.00 bits per heavy atom. The van der Waals surface area contributed by atoms with E-state index in [9.17, 15) is 0 Å². The van der Waals surface area contributed by atoms with Crippen molar-refractivity contribution in [3.63, 3.8) is 0 Å². The van der Waals surface area contributed by atoms with E-state index in [-0.39, 0.29) is 0 Å². The summed E-state index contributed by atoms with van der Waals surface area (Å²) >= 11 is 1.63. The van der Waals surface area contributed by atoms with Crippen LogP contribution >= 0.6 is 0 Å². The van der Waals surface area contributed by atoms with Gasteiger partial charge >= 0.3 is 60.4 Å². The molecule has 1 heteroatoms. The standard InChI is InChI=1S/C6H11.Bi/c1-2-4-6-5-3-1;/h1H,2-6H2;/q;+2. The summed E-state index contributed by atoms with van der Waals surface area (Å²) in [7, 11) is 0. The Bertz CT molecular complexity index is 46.1. The van der Waals surface area contributed by atoms with Gasteiger partial charge in [0.05, 0.1) is 0 Å². The molecule has 0 aromatic rings. The molecule has 0 saturated heterocycles. The van der Waals surface area contributed by atoms with Crippen LogP contribution < -0.4 is 0 Å². The Morgan fingerprint density at radius 3 is 1.86 bits per heavy atom. The van der Waals surface area contributed by atoms with Gasteiger partial charge in [0.1, 0.15) is 0 Å². The molecule has 1 fully saturated rings. The first-order chi connectivity index (χ1) is 3.39. The zero-order chi connectivity index (χ0) is 5.11. The third-order valence-electron chi connectivity index (χ3n) is 1.57. The molecule has 7 heavy (non-hydrogen) atoms. The third kappa shape index (κ3) is 2.08. The molecular formula is C6H11Bi+2. The molecule has 0 unspecified atom stereocenters. The fourth-order valence-electron chi connectivity index (χ4n) is 1.08. The van der Waals surface area contributed by atoms with Crippen LogP contribution in [0, 0.1) is 0 Å². The normalized spacial score (nSPS) is 25.1. The third-order valence-corrected chi connectivity index (χ3v) is 3.58. The van der Waals surface area contributed by atoms with Gasteiger partial charge in [0.25, 0.3) is 0 Å². The van der Waals surface area contributed by atoms with Crippen LogP contribution in [-0.4, -0.2) is 24.7 Å². The molecule has 0 aliphatic heterocycles. The number of hydrogen-bond donors (Lipinski definition) is 0. The summed E-state index contributed by atoms with van der Waals surface area (Å²) in [6.07, 6.45) is 7.61. The zero-order valence-corrected chi connectivity index (χ0v) is 8.04. The van der Waals surface area contributed by atoms with Crippen molar-refractivity contribution < 1.29 is 0 Å². The summed E-state index contributed by atoms with van der Waals surface area (Å²) in [6, 6.07) is 0. The van der Waals surface area contributed by atoms with E-state index in [4.69, 9.17) is 0 Å². The molecule has 38 valence electrons. The molecule has 0 aromatic heterocycles. The van der Waals surface area contributed by atoms with E-state index in [0.717, 1.165) is 3.63 Å². The van der Waals surface area contributed by atoms with Crippen LogP contribution in [0.3, 0.4) is 0 Å². The van der Waals surface area contributed by atoms with Crippen molar-refractivity contribution in [3.05, 3.63) is 0 Å². The second kappa shape index (κ2) is 3.02.